The average molecular weight is 157 g/mol. The molecule has 11 heavy (non-hydrogen) atoms. The zero-order valence-electron chi connectivity index (χ0n) is 6.71. The van der Waals surface area contributed by atoms with Crippen molar-refractivity contribution in [3.8, 4) is 0 Å². The average Bonchev–Trinajstić information content (AvgIpc) is 2.02. The summed E-state index contributed by atoms with van der Waals surface area (Å²) in [5.74, 6) is 5.15. The van der Waals surface area contributed by atoms with Crippen LogP contribution in [0.4, 0.5) is 0 Å². The first-order valence-corrected chi connectivity index (χ1v) is 4.34. The second-order valence-electron chi connectivity index (χ2n) is 3.64. The van der Waals surface area contributed by atoms with Gasteiger partial charge in [0, 0.05) is 13.0 Å². The summed E-state index contributed by atoms with van der Waals surface area (Å²) in [5, 5.41) is 0. The van der Waals surface area contributed by atoms with Crippen molar-refractivity contribution in [3.05, 3.63) is 0 Å². The molecule has 0 radical (unpaired) electrons. The summed E-state index contributed by atoms with van der Waals surface area (Å²) < 4.78 is 5.70. The van der Waals surface area contributed by atoms with E-state index in [-0.39, 0.29) is 11.7 Å². The summed E-state index contributed by atoms with van der Waals surface area (Å²) >= 11 is 0. The predicted molar refractivity (Wildman–Crippen MR) is 40.8 cm³/mol. The molecular weight excluding hydrogens is 142 g/mol. The molecule has 0 aromatic heterocycles. The quantitative estimate of drug-likeness (QED) is 0.577. The highest BCUT2D eigenvalue weighted by Gasteiger charge is 2.42. The van der Waals surface area contributed by atoms with Crippen molar-refractivity contribution >= 4 is 0 Å². The molecule has 64 valence electrons. The third kappa shape index (κ3) is 1.28. The van der Waals surface area contributed by atoms with Gasteiger partial charge in [-0.2, -0.15) is 0 Å². The van der Waals surface area contributed by atoms with Crippen LogP contribution in [0.25, 0.3) is 0 Å². The van der Waals surface area contributed by atoms with Crippen LogP contribution in [0.5, 0.6) is 0 Å². The molecule has 2 aliphatic rings. The fourth-order valence-electron chi connectivity index (χ4n) is 2.02. The molecule has 1 saturated carbocycles. The van der Waals surface area contributed by atoms with E-state index in [1.165, 1.54) is 19.3 Å². The standard InChI is InChI=1S/C8H15NO2/c9-11-7-2-5-10-8(6-7)3-1-4-8/h7H,1-6,9H2. The summed E-state index contributed by atoms with van der Waals surface area (Å²) in [5.41, 5.74) is 0.169. The molecule has 0 bridgehead atoms. The molecule has 2 N–H and O–H groups in total. The highest BCUT2D eigenvalue weighted by atomic mass is 16.6. The maximum absolute atomic E-state index is 5.70. The second kappa shape index (κ2) is 2.73. The molecule has 1 unspecified atom stereocenters. The van der Waals surface area contributed by atoms with Gasteiger partial charge in [0.25, 0.3) is 0 Å². The van der Waals surface area contributed by atoms with Crippen LogP contribution in [0.1, 0.15) is 32.1 Å². The molecule has 1 aliphatic carbocycles. The molecule has 1 spiro atoms. The van der Waals surface area contributed by atoms with E-state index in [1.54, 1.807) is 0 Å². The Morgan fingerprint density at radius 3 is 2.82 bits per heavy atom. The third-order valence-electron chi connectivity index (χ3n) is 2.90. The van der Waals surface area contributed by atoms with Gasteiger partial charge in [0.05, 0.1) is 11.7 Å². The van der Waals surface area contributed by atoms with E-state index in [2.05, 4.69) is 0 Å². The van der Waals surface area contributed by atoms with Gasteiger partial charge in [0.2, 0.25) is 0 Å². The summed E-state index contributed by atoms with van der Waals surface area (Å²) in [6.45, 7) is 0.821. The molecular formula is C8H15NO2. The van der Waals surface area contributed by atoms with Gasteiger partial charge in [0.1, 0.15) is 0 Å². The lowest BCUT2D eigenvalue weighted by atomic mass is 9.74. The maximum atomic E-state index is 5.70. The first kappa shape index (κ1) is 7.53. The van der Waals surface area contributed by atoms with E-state index < -0.39 is 0 Å². The van der Waals surface area contributed by atoms with Crippen LogP contribution in [-0.4, -0.2) is 18.3 Å². The molecule has 0 amide bonds. The van der Waals surface area contributed by atoms with Crippen LogP contribution in [0, 0.1) is 0 Å². The van der Waals surface area contributed by atoms with Gasteiger partial charge >= 0.3 is 0 Å². The van der Waals surface area contributed by atoms with Crippen LogP contribution >= 0.6 is 0 Å². The Morgan fingerprint density at radius 2 is 2.27 bits per heavy atom. The molecule has 2 fully saturated rings. The molecule has 1 atom stereocenters. The van der Waals surface area contributed by atoms with E-state index >= 15 is 0 Å². The Labute approximate surface area is 66.8 Å². The lowest BCUT2D eigenvalue weighted by Gasteiger charge is -2.46. The first-order valence-electron chi connectivity index (χ1n) is 4.34. The van der Waals surface area contributed by atoms with Crippen LogP contribution in [-0.2, 0) is 9.57 Å². The number of hydrogen-bond donors (Lipinski definition) is 1. The predicted octanol–water partition coefficient (Wildman–Crippen LogP) is 0.978. The highest BCUT2D eigenvalue weighted by Crippen LogP contribution is 2.42. The molecule has 0 aromatic carbocycles. The maximum Gasteiger partial charge on any atom is 0.0836 e. The lowest BCUT2D eigenvalue weighted by molar-refractivity contribution is -0.170. The van der Waals surface area contributed by atoms with Gasteiger partial charge in [-0.15, -0.1) is 0 Å². The monoisotopic (exact) mass is 157 g/mol. The van der Waals surface area contributed by atoms with Crippen LogP contribution in [0.2, 0.25) is 0 Å². The lowest BCUT2D eigenvalue weighted by Crippen LogP contribution is -2.48. The van der Waals surface area contributed by atoms with Crippen molar-refractivity contribution < 1.29 is 9.57 Å². The van der Waals surface area contributed by atoms with Gasteiger partial charge in [-0.05, 0) is 25.7 Å². The molecule has 0 aromatic rings. The van der Waals surface area contributed by atoms with E-state index in [0.717, 1.165) is 19.4 Å². The molecule has 1 saturated heterocycles. The molecule has 2 rings (SSSR count). The van der Waals surface area contributed by atoms with E-state index in [0.29, 0.717) is 0 Å². The number of nitrogens with two attached hydrogens (primary N) is 1. The Balaban J connectivity index is 1.92. The Morgan fingerprint density at radius 1 is 1.45 bits per heavy atom. The van der Waals surface area contributed by atoms with Crippen LogP contribution in [0.15, 0.2) is 0 Å². The number of rotatable bonds is 1. The van der Waals surface area contributed by atoms with E-state index in [1.807, 2.05) is 0 Å². The highest BCUT2D eigenvalue weighted by molar-refractivity contribution is 4.94. The fourth-order valence-corrected chi connectivity index (χ4v) is 2.02. The Kier molecular flexibility index (Phi) is 1.87. The zero-order valence-corrected chi connectivity index (χ0v) is 6.71. The van der Waals surface area contributed by atoms with Crippen molar-refractivity contribution in [2.75, 3.05) is 6.61 Å². The second-order valence-corrected chi connectivity index (χ2v) is 3.64. The first-order chi connectivity index (χ1) is 5.35. The third-order valence-corrected chi connectivity index (χ3v) is 2.90. The van der Waals surface area contributed by atoms with Gasteiger partial charge < -0.3 is 9.57 Å². The molecule has 1 heterocycles. The smallest absolute Gasteiger partial charge is 0.0836 e. The summed E-state index contributed by atoms with van der Waals surface area (Å²) in [4.78, 5) is 4.84. The minimum absolute atomic E-state index is 0.169. The fraction of sp³-hybridized carbons (Fsp3) is 1.00. The van der Waals surface area contributed by atoms with Crippen molar-refractivity contribution in [1.29, 1.82) is 0 Å². The number of hydrogen-bond acceptors (Lipinski definition) is 3. The normalized spacial score (nSPS) is 35.2. The minimum atomic E-state index is 0.169. The Hall–Kier alpha value is -0.120. The summed E-state index contributed by atoms with van der Waals surface area (Å²) in [7, 11) is 0. The summed E-state index contributed by atoms with van der Waals surface area (Å²) in [6.07, 6.45) is 5.91. The Bertz CT molecular complexity index is 145. The minimum Gasteiger partial charge on any atom is -0.375 e. The van der Waals surface area contributed by atoms with Crippen molar-refractivity contribution in [3.63, 3.8) is 0 Å². The molecule has 1 aliphatic heterocycles. The number of ether oxygens (including phenoxy) is 1. The van der Waals surface area contributed by atoms with Gasteiger partial charge in [-0.3, -0.25) is 0 Å². The van der Waals surface area contributed by atoms with Crippen LogP contribution < -0.4 is 5.90 Å². The van der Waals surface area contributed by atoms with Crippen molar-refractivity contribution in [1.82, 2.24) is 0 Å². The largest absolute Gasteiger partial charge is 0.375 e. The van der Waals surface area contributed by atoms with E-state index in [4.69, 9.17) is 15.5 Å². The van der Waals surface area contributed by atoms with Gasteiger partial charge in [-0.25, -0.2) is 5.90 Å². The van der Waals surface area contributed by atoms with Gasteiger partial charge in [0.15, 0.2) is 0 Å². The van der Waals surface area contributed by atoms with Gasteiger partial charge in [-0.1, -0.05) is 0 Å². The summed E-state index contributed by atoms with van der Waals surface area (Å²) in [6, 6.07) is 0. The van der Waals surface area contributed by atoms with Crippen molar-refractivity contribution in [2.24, 2.45) is 5.90 Å². The molecule has 3 heteroatoms. The zero-order chi connectivity index (χ0) is 7.73. The van der Waals surface area contributed by atoms with Crippen LogP contribution in [0.3, 0.4) is 0 Å². The van der Waals surface area contributed by atoms with Crippen molar-refractivity contribution in [2.45, 2.75) is 43.8 Å². The SMILES string of the molecule is NOC1CCOC2(CCC2)C1. The topological polar surface area (TPSA) is 44.5 Å². The van der Waals surface area contributed by atoms with E-state index in [9.17, 15) is 0 Å². The molecule has 3 nitrogen and oxygen atoms in total.